The van der Waals surface area contributed by atoms with Crippen LogP contribution in [0, 0.1) is 6.20 Å². The highest BCUT2D eigenvalue weighted by molar-refractivity contribution is 7.13. The van der Waals surface area contributed by atoms with Crippen molar-refractivity contribution >= 4 is 11.3 Å². The van der Waals surface area contributed by atoms with E-state index < -0.39 is 29.0 Å². The van der Waals surface area contributed by atoms with Crippen molar-refractivity contribution in [2.75, 3.05) is 0 Å². The fraction of sp³-hybridized carbons (Fsp3) is 0.182. The van der Waals surface area contributed by atoms with E-state index in [1.807, 2.05) is 0 Å². The molecule has 8 heteroatoms. The average Bonchev–Trinajstić information content (AvgIpc) is 2.79. The van der Waals surface area contributed by atoms with Gasteiger partial charge in [-0.25, -0.2) is 4.98 Å². The molecule has 101 valence electrons. The van der Waals surface area contributed by atoms with Gasteiger partial charge in [-0.2, -0.15) is 26.3 Å². The fourth-order valence-corrected chi connectivity index (χ4v) is 2.08. The van der Waals surface area contributed by atoms with Gasteiger partial charge in [0.2, 0.25) is 0 Å². The molecule has 2 rings (SSSR count). The number of benzene rings is 1. The van der Waals surface area contributed by atoms with Crippen LogP contribution in [-0.4, -0.2) is 4.98 Å². The molecule has 0 N–H and O–H groups in total. The van der Waals surface area contributed by atoms with Gasteiger partial charge in [0, 0.05) is 10.9 Å². The second-order valence-corrected chi connectivity index (χ2v) is 4.40. The molecule has 0 unspecified atom stereocenters. The zero-order chi connectivity index (χ0) is 14.3. The molecule has 0 saturated carbocycles. The van der Waals surface area contributed by atoms with E-state index in [2.05, 4.69) is 11.2 Å². The molecule has 0 fully saturated rings. The summed E-state index contributed by atoms with van der Waals surface area (Å²) >= 11 is 0.792. The van der Waals surface area contributed by atoms with Gasteiger partial charge in [-0.3, -0.25) is 0 Å². The van der Waals surface area contributed by atoms with Crippen LogP contribution in [0.25, 0.3) is 10.6 Å². The van der Waals surface area contributed by atoms with Crippen LogP contribution in [0.5, 0.6) is 0 Å². The van der Waals surface area contributed by atoms with Crippen molar-refractivity contribution in [1.82, 2.24) is 4.98 Å². The summed E-state index contributed by atoms with van der Waals surface area (Å²) < 4.78 is 75.9. The van der Waals surface area contributed by atoms with Crippen molar-refractivity contribution < 1.29 is 26.3 Å². The number of rotatable bonds is 1. The van der Waals surface area contributed by atoms with Crippen molar-refractivity contribution in [3.63, 3.8) is 0 Å². The van der Waals surface area contributed by atoms with Crippen LogP contribution >= 0.6 is 11.3 Å². The molecule has 1 aromatic heterocycles. The maximum atomic E-state index is 12.8. The van der Waals surface area contributed by atoms with Crippen molar-refractivity contribution in [2.24, 2.45) is 0 Å². The summed E-state index contributed by atoms with van der Waals surface area (Å²) in [5, 5.41) is 1.12. The van der Waals surface area contributed by atoms with E-state index >= 15 is 0 Å². The Balaban J connectivity index is 2.65. The lowest BCUT2D eigenvalue weighted by Crippen LogP contribution is -2.11. The Morgan fingerprint density at radius 2 is 1.68 bits per heavy atom. The summed E-state index contributed by atoms with van der Waals surface area (Å²) in [4.78, 5) is 3.51. The van der Waals surface area contributed by atoms with Gasteiger partial charge in [-0.1, -0.05) is 0 Å². The second-order valence-electron chi connectivity index (χ2n) is 3.54. The van der Waals surface area contributed by atoms with Crippen molar-refractivity contribution in [3.8, 4) is 10.6 Å². The molecule has 0 amide bonds. The van der Waals surface area contributed by atoms with Gasteiger partial charge < -0.3 is 0 Å². The zero-order valence-electron chi connectivity index (χ0n) is 8.93. The first-order valence-electron chi connectivity index (χ1n) is 4.80. The molecule has 19 heavy (non-hydrogen) atoms. The third-order valence-electron chi connectivity index (χ3n) is 2.27. The summed E-state index contributed by atoms with van der Waals surface area (Å²) in [7, 11) is 0. The lowest BCUT2D eigenvalue weighted by Gasteiger charge is -2.14. The van der Waals surface area contributed by atoms with Crippen molar-refractivity contribution in [2.45, 2.75) is 12.4 Å². The van der Waals surface area contributed by atoms with Gasteiger partial charge in [0.05, 0.1) is 11.1 Å². The monoisotopic (exact) mass is 296 g/mol. The SMILES string of the molecule is FC(F)(F)c1ccc(C(F)(F)F)c(-c2n[c]cs2)c1. The summed E-state index contributed by atoms with van der Waals surface area (Å²) in [5.41, 5.74) is -2.89. The van der Waals surface area contributed by atoms with E-state index in [-0.39, 0.29) is 5.01 Å². The molecule has 2 aromatic rings. The van der Waals surface area contributed by atoms with Gasteiger partial charge in [0.25, 0.3) is 0 Å². The Labute approximate surface area is 107 Å². The minimum absolute atomic E-state index is 0.154. The van der Waals surface area contributed by atoms with E-state index in [0.29, 0.717) is 18.2 Å². The predicted molar refractivity (Wildman–Crippen MR) is 56.4 cm³/mol. The fourth-order valence-electron chi connectivity index (χ4n) is 1.46. The number of halogens is 6. The Morgan fingerprint density at radius 1 is 1.00 bits per heavy atom. The topological polar surface area (TPSA) is 12.9 Å². The van der Waals surface area contributed by atoms with Gasteiger partial charge in [-0.15, -0.1) is 11.3 Å². The Bertz CT molecular complexity index is 570. The largest absolute Gasteiger partial charge is 0.417 e. The molecule has 0 bridgehead atoms. The molecule has 1 nitrogen and oxygen atoms in total. The van der Waals surface area contributed by atoms with Gasteiger partial charge in [0.15, 0.2) is 0 Å². The molecule has 0 aliphatic heterocycles. The standard InChI is InChI=1S/C11H4F6NS/c12-10(13,14)6-1-2-8(11(15,16)17)7(5-6)9-18-3-4-19-9/h1-2,4-5H. The lowest BCUT2D eigenvalue weighted by molar-refractivity contribution is -0.141. The number of aromatic nitrogens is 1. The van der Waals surface area contributed by atoms with Crippen LogP contribution in [0.2, 0.25) is 0 Å². The molecule has 0 atom stereocenters. The van der Waals surface area contributed by atoms with Crippen LogP contribution in [-0.2, 0) is 12.4 Å². The molecular formula is C11H4F6NS. The molecule has 0 saturated heterocycles. The summed E-state index contributed by atoms with van der Waals surface area (Å²) in [6, 6.07) is 1.28. The normalized spacial score (nSPS) is 12.7. The highest BCUT2D eigenvalue weighted by Gasteiger charge is 2.37. The smallest absolute Gasteiger partial charge is 0.234 e. The first-order chi connectivity index (χ1) is 8.69. The minimum atomic E-state index is -4.74. The third kappa shape index (κ3) is 2.89. The summed E-state index contributed by atoms with van der Waals surface area (Å²) in [5.74, 6) is 0. The molecule has 0 aliphatic rings. The summed E-state index contributed by atoms with van der Waals surface area (Å²) in [6.07, 6.45) is -7.17. The van der Waals surface area contributed by atoms with Crippen molar-refractivity contribution in [3.05, 3.63) is 40.9 Å². The van der Waals surface area contributed by atoms with Crippen LogP contribution in [0.4, 0.5) is 26.3 Å². The van der Waals surface area contributed by atoms with Crippen LogP contribution in [0.3, 0.4) is 0 Å². The Kier molecular flexibility index (Phi) is 3.29. The first-order valence-corrected chi connectivity index (χ1v) is 5.68. The number of hydrogen-bond donors (Lipinski definition) is 0. The second kappa shape index (κ2) is 4.52. The Morgan fingerprint density at radius 3 is 2.16 bits per heavy atom. The maximum absolute atomic E-state index is 12.8. The average molecular weight is 296 g/mol. The minimum Gasteiger partial charge on any atom is -0.234 e. The highest BCUT2D eigenvalue weighted by Crippen LogP contribution is 2.40. The maximum Gasteiger partial charge on any atom is 0.417 e. The molecule has 1 radical (unpaired) electrons. The van der Waals surface area contributed by atoms with E-state index in [4.69, 9.17) is 0 Å². The predicted octanol–water partition coefficient (Wildman–Crippen LogP) is 4.65. The van der Waals surface area contributed by atoms with Crippen LogP contribution < -0.4 is 0 Å². The van der Waals surface area contributed by atoms with Gasteiger partial charge >= 0.3 is 12.4 Å². The number of nitrogens with zero attached hydrogens (tertiary/aromatic N) is 1. The lowest BCUT2D eigenvalue weighted by atomic mass is 10.0. The third-order valence-corrected chi connectivity index (χ3v) is 3.03. The zero-order valence-corrected chi connectivity index (χ0v) is 9.75. The first kappa shape index (κ1) is 13.9. The van der Waals surface area contributed by atoms with Crippen LogP contribution in [0.1, 0.15) is 11.1 Å². The number of hydrogen-bond acceptors (Lipinski definition) is 2. The van der Waals surface area contributed by atoms with Crippen LogP contribution in [0.15, 0.2) is 23.6 Å². The van der Waals surface area contributed by atoms with E-state index in [1.54, 1.807) is 0 Å². The molecule has 1 heterocycles. The van der Waals surface area contributed by atoms with E-state index in [1.165, 1.54) is 5.38 Å². The van der Waals surface area contributed by atoms with Gasteiger partial charge in [-0.05, 0) is 18.2 Å². The number of alkyl halides is 6. The highest BCUT2D eigenvalue weighted by atomic mass is 32.1. The quantitative estimate of drug-likeness (QED) is 0.698. The summed E-state index contributed by atoms with van der Waals surface area (Å²) in [6.45, 7) is 0. The molecule has 1 aromatic carbocycles. The molecular weight excluding hydrogens is 292 g/mol. The molecule has 0 spiro atoms. The van der Waals surface area contributed by atoms with Crippen molar-refractivity contribution in [1.29, 1.82) is 0 Å². The Hall–Kier alpha value is -1.57. The molecule has 0 aliphatic carbocycles. The van der Waals surface area contributed by atoms with E-state index in [0.717, 1.165) is 11.3 Å². The number of thiazole rings is 1. The van der Waals surface area contributed by atoms with Gasteiger partial charge in [0.1, 0.15) is 11.2 Å². The van der Waals surface area contributed by atoms with E-state index in [9.17, 15) is 26.3 Å².